The fourth-order valence-electron chi connectivity index (χ4n) is 4.34. The van der Waals surface area contributed by atoms with Crippen LogP contribution in [0.5, 0.6) is 0 Å². The molecule has 3 atom stereocenters. The number of amides is 2. The molecule has 1 aliphatic heterocycles. The Morgan fingerprint density at radius 3 is 2.83 bits per heavy atom. The highest BCUT2D eigenvalue weighted by molar-refractivity contribution is 6.00. The molecule has 0 bridgehead atoms. The van der Waals surface area contributed by atoms with Gasteiger partial charge in [-0.05, 0) is 24.0 Å². The molecular weight excluding hydrogens is 372 g/mol. The zero-order valence-electron chi connectivity index (χ0n) is 16.5. The summed E-state index contributed by atoms with van der Waals surface area (Å²) in [6, 6.07) is 7.20. The van der Waals surface area contributed by atoms with Gasteiger partial charge in [0.15, 0.2) is 0 Å². The highest BCUT2D eigenvalue weighted by Gasteiger charge is 2.40. The Labute approximate surface area is 168 Å². The lowest BCUT2D eigenvalue weighted by Gasteiger charge is -2.24. The highest BCUT2D eigenvalue weighted by Crippen LogP contribution is 2.36. The first kappa shape index (κ1) is 19.2. The Morgan fingerprint density at radius 2 is 2.10 bits per heavy atom. The lowest BCUT2D eigenvalue weighted by atomic mass is 9.92. The molecule has 8 nitrogen and oxygen atoms in total. The van der Waals surface area contributed by atoms with Gasteiger partial charge in [-0.25, -0.2) is 4.79 Å². The molecule has 152 valence electrons. The van der Waals surface area contributed by atoms with Crippen molar-refractivity contribution in [1.29, 1.82) is 0 Å². The standard InChI is InChI=1S/C21H24N4O4/c1-24-12-15(10-22-24)25-11-14(9-18(25)26)20(27)23-19(21(28)29-2)17-8-7-13-5-3-4-6-16(13)17/h3-6,10,12,14,17,19H,7-9,11H2,1-2H3,(H,23,27). The number of carbonyl (C=O) groups excluding carboxylic acids is 3. The largest absolute Gasteiger partial charge is 0.467 e. The molecule has 1 fully saturated rings. The predicted octanol–water partition coefficient (Wildman–Crippen LogP) is 1.16. The molecule has 8 heteroatoms. The van der Waals surface area contributed by atoms with Gasteiger partial charge in [0.05, 0.1) is 24.9 Å². The zero-order chi connectivity index (χ0) is 20.5. The average molecular weight is 396 g/mol. The van der Waals surface area contributed by atoms with Gasteiger partial charge in [0.1, 0.15) is 6.04 Å². The number of esters is 1. The van der Waals surface area contributed by atoms with Crippen molar-refractivity contribution in [3.05, 3.63) is 47.8 Å². The SMILES string of the molecule is COC(=O)C(NC(=O)C1CC(=O)N(c2cnn(C)c2)C1)C1CCc2ccccc21. The maximum absolute atomic E-state index is 13.0. The van der Waals surface area contributed by atoms with Crippen molar-refractivity contribution in [1.82, 2.24) is 15.1 Å². The van der Waals surface area contributed by atoms with Crippen LogP contribution in [0.4, 0.5) is 5.69 Å². The van der Waals surface area contributed by atoms with Crippen LogP contribution in [-0.2, 0) is 32.6 Å². The Kier molecular flexibility index (Phi) is 5.08. The molecule has 3 unspecified atom stereocenters. The number of rotatable bonds is 5. The van der Waals surface area contributed by atoms with E-state index in [9.17, 15) is 14.4 Å². The summed E-state index contributed by atoms with van der Waals surface area (Å²) in [7, 11) is 3.10. The Morgan fingerprint density at radius 1 is 1.31 bits per heavy atom. The first-order valence-electron chi connectivity index (χ1n) is 9.73. The quantitative estimate of drug-likeness (QED) is 0.766. The van der Waals surface area contributed by atoms with E-state index in [1.165, 1.54) is 12.7 Å². The monoisotopic (exact) mass is 396 g/mol. The number of methoxy groups -OCH3 is 1. The molecular formula is C21H24N4O4. The maximum Gasteiger partial charge on any atom is 0.329 e. The fourth-order valence-corrected chi connectivity index (χ4v) is 4.34. The lowest BCUT2D eigenvalue weighted by molar-refractivity contribution is -0.146. The minimum atomic E-state index is -0.765. The van der Waals surface area contributed by atoms with Gasteiger partial charge >= 0.3 is 5.97 Å². The summed E-state index contributed by atoms with van der Waals surface area (Å²) in [6.45, 7) is 0.269. The second-order valence-electron chi connectivity index (χ2n) is 7.63. The topological polar surface area (TPSA) is 93.5 Å². The van der Waals surface area contributed by atoms with E-state index in [-0.39, 0.29) is 30.7 Å². The molecule has 2 aliphatic rings. The number of ether oxygens (including phenoxy) is 1. The maximum atomic E-state index is 13.0. The van der Waals surface area contributed by atoms with Crippen LogP contribution >= 0.6 is 0 Å². The Balaban J connectivity index is 1.49. The van der Waals surface area contributed by atoms with Crippen LogP contribution in [-0.4, -0.2) is 47.3 Å². The molecule has 1 saturated heterocycles. The summed E-state index contributed by atoms with van der Waals surface area (Å²) < 4.78 is 6.59. The molecule has 4 rings (SSSR count). The molecule has 29 heavy (non-hydrogen) atoms. The Bertz CT molecular complexity index is 954. The summed E-state index contributed by atoms with van der Waals surface area (Å²) >= 11 is 0. The first-order valence-corrected chi connectivity index (χ1v) is 9.73. The van der Waals surface area contributed by atoms with Crippen molar-refractivity contribution >= 4 is 23.5 Å². The molecule has 0 spiro atoms. The molecule has 1 aromatic carbocycles. The van der Waals surface area contributed by atoms with E-state index in [2.05, 4.69) is 10.4 Å². The number of benzene rings is 1. The Hall–Kier alpha value is -3.16. The lowest BCUT2D eigenvalue weighted by Crippen LogP contribution is -2.47. The van der Waals surface area contributed by atoms with E-state index in [1.807, 2.05) is 24.3 Å². The average Bonchev–Trinajstić information content (AvgIpc) is 3.43. The fraction of sp³-hybridized carbons (Fsp3) is 0.429. The minimum Gasteiger partial charge on any atom is -0.467 e. The summed E-state index contributed by atoms with van der Waals surface area (Å²) in [5.74, 6) is -1.54. The molecule has 2 aromatic rings. The highest BCUT2D eigenvalue weighted by atomic mass is 16.5. The third kappa shape index (κ3) is 3.62. The van der Waals surface area contributed by atoms with E-state index >= 15 is 0 Å². The van der Waals surface area contributed by atoms with Gasteiger partial charge in [-0.15, -0.1) is 0 Å². The molecule has 0 radical (unpaired) electrons. The molecule has 1 N–H and O–H groups in total. The second-order valence-corrected chi connectivity index (χ2v) is 7.63. The van der Waals surface area contributed by atoms with Gasteiger partial charge in [-0.2, -0.15) is 5.10 Å². The number of nitrogens with zero attached hydrogens (tertiary/aromatic N) is 3. The molecule has 2 amide bonds. The van der Waals surface area contributed by atoms with Crippen LogP contribution in [0.3, 0.4) is 0 Å². The number of aromatic nitrogens is 2. The van der Waals surface area contributed by atoms with Crippen LogP contribution in [0.2, 0.25) is 0 Å². The van der Waals surface area contributed by atoms with Crippen molar-refractivity contribution < 1.29 is 19.1 Å². The van der Waals surface area contributed by atoms with Crippen LogP contribution in [0, 0.1) is 5.92 Å². The number of hydrogen-bond acceptors (Lipinski definition) is 5. The van der Waals surface area contributed by atoms with Crippen LogP contribution in [0.1, 0.15) is 29.9 Å². The number of nitrogens with one attached hydrogen (secondary N) is 1. The van der Waals surface area contributed by atoms with Gasteiger partial charge in [-0.1, -0.05) is 24.3 Å². The van der Waals surface area contributed by atoms with Crippen molar-refractivity contribution in [2.24, 2.45) is 13.0 Å². The number of carbonyl (C=O) groups is 3. The smallest absolute Gasteiger partial charge is 0.329 e. The third-order valence-corrected chi connectivity index (χ3v) is 5.83. The third-order valence-electron chi connectivity index (χ3n) is 5.83. The van der Waals surface area contributed by atoms with Crippen LogP contribution in [0.25, 0.3) is 0 Å². The van der Waals surface area contributed by atoms with Crippen molar-refractivity contribution in [3.8, 4) is 0 Å². The summed E-state index contributed by atoms with van der Waals surface area (Å²) in [5, 5.41) is 6.96. The number of anilines is 1. The summed E-state index contributed by atoms with van der Waals surface area (Å²) in [4.78, 5) is 39.4. The minimum absolute atomic E-state index is 0.107. The van der Waals surface area contributed by atoms with Gasteiger partial charge in [0.2, 0.25) is 11.8 Å². The zero-order valence-corrected chi connectivity index (χ0v) is 16.5. The molecule has 1 aliphatic carbocycles. The molecule has 0 saturated carbocycles. The van der Waals surface area contributed by atoms with E-state index in [4.69, 9.17) is 4.74 Å². The van der Waals surface area contributed by atoms with E-state index < -0.39 is 17.9 Å². The van der Waals surface area contributed by atoms with Crippen molar-refractivity contribution in [3.63, 3.8) is 0 Å². The van der Waals surface area contributed by atoms with E-state index in [1.54, 1.807) is 29.0 Å². The van der Waals surface area contributed by atoms with E-state index in [0.29, 0.717) is 5.69 Å². The van der Waals surface area contributed by atoms with E-state index in [0.717, 1.165) is 18.4 Å². The van der Waals surface area contributed by atoms with Crippen molar-refractivity contribution in [2.75, 3.05) is 18.6 Å². The van der Waals surface area contributed by atoms with Gasteiger partial charge in [0.25, 0.3) is 0 Å². The summed E-state index contributed by atoms with van der Waals surface area (Å²) in [6.07, 6.45) is 5.08. The number of hydrogen-bond donors (Lipinski definition) is 1. The second kappa shape index (κ2) is 7.69. The summed E-state index contributed by atoms with van der Waals surface area (Å²) in [5.41, 5.74) is 2.93. The normalized spacial score (nSPS) is 21.7. The van der Waals surface area contributed by atoms with Gasteiger partial charge in [-0.3, -0.25) is 14.3 Å². The van der Waals surface area contributed by atoms with Gasteiger partial charge in [0, 0.05) is 32.1 Å². The molecule has 2 heterocycles. The van der Waals surface area contributed by atoms with Crippen molar-refractivity contribution in [2.45, 2.75) is 31.2 Å². The number of aryl methyl sites for hydroxylation is 2. The van der Waals surface area contributed by atoms with Crippen LogP contribution in [0.15, 0.2) is 36.7 Å². The molecule has 1 aromatic heterocycles. The van der Waals surface area contributed by atoms with Crippen LogP contribution < -0.4 is 10.2 Å². The first-order chi connectivity index (χ1) is 14.0. The number of fused-ring (bicyclic) bond motifs is 1. The predicted molar refractivity (Wildman–Crippen MR) is 105 cm³/mol. The van der Waals surface area contributed by atoms with Gasteiger partial charge < -0.3 is 15.0 Å².